The Balaban J connectivity index is 2.39. The molecule has 0 aliphatic heterocycles. The molecular weight excluding hydrogens is 244 g/mol. The van der Waals surface area contributed by atoms with Gasteiger partial charge in [0.2, 0.25) is 0 Å². The first-order valence-electron chi connectivity index (χ1n) is 7.62. The highest BCUT2D eigenvalue weighted by molar-refractivity contribution is 5.28. The highest BCUT2D eigenvalue weighted by atomic mass is 16.5. The van der Waals surface area contributed by atoms with Crippen molar-refractivity contribution in [1.29, 1.82) is 0 Å². The molecule has 0 radical (unpaired) electrons. The van der Waals surface area contributed by atoms with E-state index in [1.807, 2.05) is 13.0 Å². The van der Waals surface area contributed by atoms with Crippen molar-refractivity contribution in [1.82, 2.24) is 0 Å². The highest BCUT2D eigenvalue weighted by Crippen LogP contribution is 2.15. The second-order valence-corrected chi connectivity index (χ2v) is 5.49. The lowest BCUT2D eigenvalue weighted by molar-refractivity contribution is 0.340. The van der Waals surface area contributed by atoms with E-state index < -0.39 is 0 Å². The fourth-order valence-corrected chi connectivity index (χ4v) is 2.13. The van der Waals surface area contributed by atoms with E-state index in [0.717, 1.165) is 31.6 Å². The van der Waals surface area contributed by atoms with Gasteiger partial charge in [0, 0.05) is 0 Å². The predicted molar refractivity (Wildman–Crippen MR) is 88.4 cm³/mol. The van der Waals surface area contributed by atoms with Crippen LogP contribution in [0.25, 0.3) is 0 Å². The van der Waals surface area contributed by atoms with Crippen LogP contribution in [0, 0.1) is 0 Å². The second kappa shape index (κ2) is 9.41. The van der Waals surface area contributed by atoms with Crippen molar-refractivity contribution >= 4 is 0 Å². The summed E-state index contributed by atoms with van der Waals surface area (Å²) in [6.45, 7) is 9.29. The maximum absolute atomic E-state index is 5.53. The fraction of sp³-hybridized carbons (Fsp3) is 0.474. The first-order chi connectivity index (χ1) is 9.61. The summed E-state index contributed by atoms with van der Waals surface area (Å²) in [6.07, 6.45) is 9.20. The van der Waals surface area contributed by atoms with Crippen LogP contribution in [-0.2, 0) is 6.42 Å². The Morgan fingerprint density at radius 1 is 1.10 bits per heavy atom. The van der Waals surface area contributed by atoms with Gasteiger partial charge in [-0.05, 0) is 71.1 Å². The third-order valence-corrected chi connectivity index (χ3v) is 3.23. The molecule has 0 unspecified atom stereocenters. The average molecular weight is 272 g/mol. The minimum atomic E-state index is 0.729. The van der Waals surface area contributed by atoms with Gasteiger partial charge in [-0.1, -0.05) is 35.4 Å². The summed E-state index contributed by atoms with van der Waals surface area (Å²) in [5.41, 5.74) is 4.25. The molecule has 0 saturated carbocycles. The molecule has 110 valence electrons. The Hall–Kier alpha value is -1.50. The topological polar surface area (TPSA) is 9.23 Å². The highest BCUT2D eigenvalue weighted by Gasteiger charge is 1.96. The zero-order valence-electron chi connectivity index (χ0n) is 13.4. The number of hydrogen-bond donors (Lipinski definition) is 0. The van der Waals surface area contributed by atoms with E-state index in [4.69, 9.17) is 4.74 Å². The number of ether oxygens (including phenoxy) is 1. The van der Waals surface area contributed by atoms with Crippen LogP contribution in [0.15, 0.2) is 47.6 Å². The molecule has 20 heavy (non-hydrogen) atoms. The Morgan fingerprint density at radius 3 is 2.60 bits per heavy atom. The van der Waals surface area contributed by atoms with Crippen LogP contribution in [-0.4, -0.2) is 6.61 Å². The van der Waals surface area contributed by atoms with Gasteiger partial charge in [-0.2, -0.15) is 0 Å². The van der Waals surface area contributed by atoms with Gasteiger partial charge < -0.3 is 4.74 Å². The largest absolute Gasteiger partial charge is 0.494 e. The van der Waals surface area contributed by atoms with Crippen molar-refractivity contribution in [2.24, 2.45) is 0 Å². The lowest BCUT2D eigenvalue weighted by Gasteiger charge is -2.05. The van der Waals surface area contributed by atoms with Gasteiger partial charge in [-0.25, -0.2) is 0 Å². The van der Waals surface area contributed by atoms with E-state index in [9.17, 15) is 0 Å². The van der Waals surface area contributed by atoms with E-state index in [2.05, 4.69) is 51.1 Å². The van der Waals surface area contributed by atoms with Gasteiger partial charge in [0.25, 0.3) is 0 Å². The van der Waals surface area contributed by atoms with Crippen LogP contribution in [0.3, 0.4) is 0 Å². The minimum absolute atomic E-state index is 0.729. The quantitative estimate of drug-likeness (QED) is 0.551. The van der Waals surface area contributed by atoms with Gasteiger partial charge in [-0.15, -0.1) is 0 Å². The smallest absolute Gasteiger partial charge is 0.119 e. The Labute approximate surface area is 124 Å². The number of allylic oxidation sites excluding steroid dienone is 4. The van der Waals surface area contributed by atoms with Crippen LogP contribution in [0.4, 0.5) is 0 Å². The summed E-state index contributed by atoms with van der Waals surface area (Å²) >= 11 is 0. The average Bonchev–Trinajstić information content (AvgIpc) is 2.39. The molecule has 0 amide bonds. The third kappa shape index (κ3) is 7.18. The van der Waals surface area contributed by atoms with E-state index in [1.54, 1.807) is 0 Å². The molecule has 0 aromatic heterocycles. The predicted octanol–water partition coefficient (Wildman–Crippen LogP) is 5.71. The first kappa shape index (κ1) is 16.6. The van der Waals surface area contributed by atoms with Crippen LogP contribution in [0.5, 0.6) is 5.75 Å². The normalized spacial score (nSPS) is 11.3. The molecule has 0 spiro atoms. The molecule has 0 bridgehead atoms. The molecular formula is C19H28O. The van der Waals surface area contributed by atoms with E-state index in [1.165, 1.54) is 23.1 Å². The summed E-state index contributed by atoms with van der Waals surface area (Å²) in [6, 6.07) is 8.42. The van der Waals surface area contributed by atoms with Gasteiger partial charge in [0.05, 0.1) is 6.61 Å². The SMILES string of the molecule is CCOc1cccc(CC/C=C(\C)CCC=C(C)C)c1. The van der Waals surface area contributed by atoms with Gasteiger partial charge in [0.1, 0.15) is 5.75 Å². The molecule has 0 fully saturated rings. The Kier molecular flexibility index (Phi) is 7.79. The van der Waals surface area contributed by atoms with E-state index in [-0.39, 0.29) is 0 Å². The molecule has 1 aromatic rings. The Bertz CT molecular complexity index is 451. The fourth-order valence-electron chi connectivity index (χ4n) is 2.13. The van der Waals surface area contributed by atoms with Crippen molar-refractivity contribution < 1.29 is 4.74 Å². The van der Waals surface area contributed by atoms with Crippen LogP contribution in [0.2, 0.25) is 0 Å². The lowest BCUT2D eigenvalue weighted by Crippen LogP contribution is -1.92. The molecule has 0 aliphatic rings. The number of hydrogen-bond acceptors (Lipinski definition) is 1. The molecule has 0 saturated heterocycles. The molecule has 1 nitrogen and oxygen atoms in total. The van der Waals surface area contributed by atoms with Crippen molar-refractivity contribution in [2.45, 2.75) is 53.4 Å². The van der Waals surface area contributed by atoms with Gasteiger partial charge in [-0.3, -0.25) is 0 Å². The Morgan fingerprint density at radius 2 is 1.90 bits per heavy atom. The lowest BCUT2D eigenvalue weighted by atomic mass is 10.1. The van der Waals surface area contributed by atoms with Crippen LogP contribution >= 0.6 is 0 Å². The summed E-state index contributed by atoms with van der Waals surface area (Å²) in [5, 5.41) is 0. The molecule has 1 aromatic carbocycles. The summed E-state index contributed by atoms with van der Waals surface area (Å²) in [4.78, 5) is 0. The summed E-state index contributed by atoms with van der Waals surface area (Å²) in [5.74, 6) is 0.981. The van der Waals surface area contributed by atoms with E-state index >= 15 is 0 Å². The first-order valence-corrected chi connectivity index (χ1v) is 7.62. The molecule has 0 atom stereocenters. The van der Waals surface area contributed by atoms with E-state index in [0.29, 0.717) is 0 Å². The van der Waals surface area contributed by atoms with Gasteiger partial charge >= 0.3 is 0 Å². The molecule has 1 rings (SSSR count). The number of benzene rings is 1. The van der Waals surface area contributed by atoms with Crippen molar-refractivity contribution in [3.63, 3.8) is 0 Å². The number of aryl methyl sites for hydroxylation is 1. The molecule has 1 heteroatoms. The minimum Gasteiger partial charge on any atom is -0.494 e. The monoisotopic (exact) mass is 272 g/mol. The summed E-state index contributed by atoms with van der Waals surface area (Å²) < 4.78 is 5.53. The maximum Gasteiger partial charge on any atom is 0.119 e. The van der Waals surface area contributed by atoms with Crippen molar-refractivity contribution in [2.75, 3.05) is 6.61 Å². The zero-order chi connectivity index (χ0) is 14.8. The van der Waals surface area contributed by atoms with Crippen LogP contribution < -0.4 is 4.74 Å². The molecule has 0 aliphatic carbocycles. The van der Waals surface area contributed by atoms with Crippen molar-refractivity contribution in [3.8, 4) is 5.75 Å². The molecule has 0 N–H and O–H groups in total. The molecule has 0 heterocycles. The maximum atomic E-state index is 5.53. The third-order valence-electron chi connectivity index (χ3n) is 3.23. The second-order valence-electron chi connectivity index (χ2n) is 5.49. The zero-order valence-corrected chi connectivity index (χ0v) is 13.4. The standard InChI is InChI=1S/C19H28O/c1-5-20-19-14-8-13-18(15-19)12-7-11-17(4)10-6-9-16(2)3/h8-9,11,13-15H,5-7,10,12H2,1-4H3/b17-11+. The summed E-state index contributed by atoms with van der Waals surface area (Å²) in [7, 11) is 0. The number of rotatable bonds is 8. The van der Waals surface area contributed by atoms with Crippen LogP contribution in [0.1, 0.15) is 52.5 Å². The van der Waals surface area contributed by atoms with Gasteiger partial charge in [0.15, 0.2) is 0 Å². The van der Waals surface area contributed by atoms with Crippen molar-refractivity contribution in [3.05, 3.63) is 53.1 Å².